The maximum Gasteiger partial charge on any atom is 0.272 e. The number of nitrogens with two attached hydrogens (primary N) is 1. The molecule has 0 saturated heterocycles. The second-order valence-electron chi connectivity index (χ2n) is 5.43. The lowest BCUT2D eigenvalue weighted by molar-refractivity contribution is 0.0929. The third kappa shape index (κ3) is 4.43. The third-order valence-electron chi connectivity index (χ3n) is 2.71. The number of likely N-dealkylation sites (N-methyl/N-ethyl adjacent to an activating group) is 1. The Kier molecular flexibility index (Phi) is 5.84. The predicted molar refractivity (Wildman–Crippen MR) is 79.4 cm³/mol. The Morgan fingerprint density at radius 2 is 2.05 bits per heavy atom. The molecule has 0 fully saturated rings. The summed E-state index contributed by atoms with van der Waals surface area (Å²) in [4.78, 5) is 22.8. The zero-order valence-corrected chi connectivity index (χ0v) is 12.8. The normalized spacial score (nSPS) is 12.6. The molecular weight excluding hydrogens is 256 g/mol. The van der Waals surface area contributed by atoms with Gasteiger partial charge in [0, 0.05) is 18.5 Å². The van der Waals surface area contributed by atoms with Gasteiger partial charge in [-0.15, -0.1) is 0 Å². The zero-order chi connectivity index (χ0) is 15.3. The number of hydrogen-bond acceptors (Lipinski definition) is 6. The second kappa shape index (κ2) is 7.16. The fourth-order valence-corrected chi connectivity index (χ4v) is 1.84. The van der Waals surface area contributed by atoms with Crippen molar-refractivity contribution in [3.63, 3.8) is 0 Å². The van der Waals surface area contributed by atoms with E-state index in [2.05, 4.69) is 20.7 Å². The average molecular weight is 280 g/mol. The lowest BCUT2D eigenvalue weighted by atomic mass is 10.2. The van der Waals surface area contributed by atoms with E-state index in [0.29, 0.717) is 11.5 Å². The highest BCUT2D eigenvalue weighted by Crippen LogP contribution is 2.15. The number of carbonyl (C=O) groups is 1. The topological polar surface area (TPSA) is 96.2 Å². The summed E-state index contributed by atoms with van der Waals surface area (Å²) < 4.78 is 0. The van der Waals surface area contributed by atoms with E-state index < -0.39 is 0 Å². The van der Waals surface area contributed by atoms with Crippen molar-refractivity contribution in [2.24, 2.45) is 5.84 Å². The number of hydrogen-bond donors (Lipinski definition) is 3. The fourth-order valence-electron chi connectivity index (χ4n) is 1.84. The van der Waals surface area contributed by atoms with Crippen LogP contribution < -0.4 is 16.6 Å². The van der Waals surface area contributed by atoms with E-state index in [-0.39, 0.29) is 23.6 Å². The minimum absolute atomic E-state index is 0.0144. The van der Waals surface area contributed by atoms with Crippen molar-refractivity contribution in [2.45, 2.75) is 32.7 Å². The van der Waals surface area contributed by atoms with Crippen LogP contribution in [0.4, 0.5) is 5.69 Å². The summed E-state index contributed by atoms with van der Waals surface area (Å²) in [6, 6.07) is 0.0144. The smallest absolute Gasteiger partial charge is 0.272 e. The average Bonchev–Trinajstić information content (AvgIpc) is 2.36. The number of carbonyl (C=O) groups excluding carboxylic acids is 1. The molecule has 4 N–H and O–H groups in total. The van der Waals surface area contributed by atoms with E-state index in [9.17, 15) is 4.79 Å². The molecule has 0 radical (unpaired) electrons. The number of nitrogen functional groups attached to an aromatic ring is 1. The lowest BCUT2D eigenvalue weighted by Gasteiger charge is -2.19. The van der Waals surface area contributed by atoms with Crippen LogP contribution in [0, 0.1) is 0 Å². The van der Waals surface area contributed by atoms with Crippen molar-refractivity contribution in [3.8, 4) is 0 Å². The van der Waals surface area contributed by atoms with Crippen molar-refractivity contribution >= 4 is 11.6 Å². The zero-order valence-electron chi connectivity index (χ0n) is 12.8. The van der Waals surface area contributed by atoms with Gasteiger partial charge < -0.3 is 15.6 Å². The minimum atomic E-state index is -0.253. The van der Waals surface area contributed by atoms with Gasteiger partial charge in [0.15, 0.2) is 5.69 Å². The summed E-state index contributed by atoms with van der Waals surface area (Å²) in [6.07, 6.45) is 1.54. The molecule has 20 heavy (non-hydrogen) atoms. The van der Waals surface area contributed by atoms with Gasteiger partial charge in [0.2, 0.25) is 0 Å². The number of anilines is 1. The van der Waals surface area contributed by atoms with Crippen molar-refractivity contribution in [1.29, 1.82) is 0 Å². The van der Waals surface area contributed by atoms with Gasteiger partial charge in [0.25, 0.3) is 5.91 Å². The fraction of sp³-hybridized carbons (Fsp3) is 0.615. The molecule has 1 aromatic rings. The maximum absolute atomic E-state index is 12.3. The largest absolute Gasteiger partial charge is 0.347 e. The first-order valence-corrected chi connectivity index (χ1v) is 6.64. The third-order valence-corrected chi connectivity index (χ3v) is 2.71. The Morgan fingerprint density at radius 3 is 2.55 bits per heavy atom. The highest BCUT2D eigenvalue weighted by Gasteiger charge is 2.18. The lowest BCUT2D eigenvalue weighted by Crippen LogP contribution is -2.40. The number of nitrogens with zero attached hydrogens (tertiary/aromatic N) is 3. The summed E-state index contributed by atoms with van der Waals surface area (Å²) in [5.74, 6) is 5.92. The molecule has 0 aliphatic carbocycles. The highest BCUT2D eigenvalue weighted by molar-refractivity contribution is 5.97. The molecule has 7 nitrogen and oxygen atoms in total. The van der Waals surface area contributed by atoms with Gasteiger partial charge in [-0.1, -0.05) is 13.8 Å². The number of rotatable bonds is 6. The molecule has 0 bridgehead atoms. The second-order valence-corrected chi connectivity index (χ2v) is 5.43. The van der Waals surface area contributed by atoms with Gasteiger partial charge in [0.05, 0.1) is 11.9 Å². The van der Waals surface area contributed by atoms with Crippen LogP contribution in [0.25, 0.3) is 0 Å². The molecule has 112 valence electrons. The minimum Gasteiger partial charge on any atom is -0.347 e. The summed E-state index contributed by atoms with van der Waals surface area (Å²) in [7, 11) is 3.91. The summed E-state index contributed by atoms with van der Waals surface area (Å²) in [5, 5.41) is 2.90. The van der Waals surface area contributed by atoms with Crippen LogP contribution in [0.5, 0.6) is 0 Å². The quantitative estimate of drug-likeness (QED) is 0.520. The van der Waals surface area contributed by atoms with E-state index in [0.717, 1.165) is 6.54 Å². The number of hydrazine groups is 1. The predicted octanol–water partition coefficient (Wildman–Crippen LogP) is 0.566. The van der Waals surface area contributed by atoms with Crippen LogP contribution in [0.2, 0.25) is 0 Å². The Balaban J connectivity index is 2.92. The molecule has 0 spiro atoms. The number of nitrogens with one attached hydrogen (secondary N) is 2. The molecule has 7 heteroatoms. The van der Waals surface area contributed by atoms with Gasteiger partial charge in [-0.2, -0.15) is 0 Å². The van der Waals surface area contributed by atoms with Crippen LogP contribution in [0.1, 0.15) is 43.0 Å². The van der Waals surface area contributed by atoms with E-state index in [1.807, 2.05) is 39.8 Å². The molecule has 0 saturated carbocycles. The Bertz CT molecular complexity index is 460. The summed E-state index contributed by atoms with van der Waals surface area (Å²) in [5.41, 5.74) is 3.16. The monoisotopic (exact) mass is 280 g/mol. The molecule has 0 aromatic carbocycles. The van der Waals surface area contributed by atoms with Crippen LogP contribution >= 0.6 is 0 Å². The van der Waals surface area contributed by atoms with Gasteiger partial charge in [0.1, 0.15) is 5.82 Å². The molecule has 1 aromatic heterocycles. The van der Waals surface area contributed by atoms with E-state index in [1.165, 1.54) is 6.20 Å². The van der Waals surface area contributed by atoms with Crippen molar-refractivity contribution in [1.82, 2.24) is 20.2 Å². The molecule has 1 rings (SSSR count). The van der Waals surface area contributed by atoms with Gasteiger partial charge in [-0.05, 0) is 21.0 Å². The van der Waals surface area contributed by atoms with Crippen LogP contribution in [0.15, 0.2) is 6.20 Å². The van der Waals surface area contributed by atoms with E-state index in [1.54, 1.807) is 0 Å². The molecule has 1 unspecified atom stereocenters. The molecular formula is C13H24N6O. The van der Waals surface area contributed by atoms with Crippen molar-refractivity contribution in [3.05, 3.63) is 17.7 Å². The Morgan fingerprint density at radius 1 is 1.40 bits per heavy atom. The number of aromatic nitrogens is 2. The van der Waals surface area contributed by atoms with E-state index in [4.69, 9.17) is 5.84 Å². The molecule has 1 heterocycles. The number of amides is 1. The molecule has 1 atom stereocenters. The van der Waals surface area contributed by atoms with Crippen molar-refractivity contribution in [2.75, 3.05) is 26.1 Å². The molecule has 0 aliphatic heterocycles. The Labute approximate surface area is 119 Å². The first-order valence-electron chi connectivity index (χ1n) is 6.64. The van der Waals surface area contributed by atoms with Gasteiger partial charge >= 0.3 is 0 Å². The highest BCUT2D eigenvalue weighted by atomic mass is 16.2. The summed E-state index contributed by atoms with van der Waals surface area (Å²) >= 11 is 0. The van der Waals surface area contributed by atoms with Crippen LogP contribution in [0.3, 0.4) is 0 Å². The summed E-state index contributed by atoms with van der Waals surface area (Å²) in [6.45, 7) is 6.64. The van der Waals surface area contributed by atoms with Crippen LogP contribution in [-0.2, 0) is 0 Å². The van der Waals surface area contributed by atoms with Crippen molar-refractivity contribution < 1.29 is 4.79 Å². The maximum atomic E-state index is 12.3. The molecule has 1 amide bonds. The first-order chi connectivity index (χ1) is 9.35. The van der Waals surface area contributed by atoms with Gasteiger partial charge in [-0.25, -0.2) is 9.97 Å². The van der Waals surface area contributed by atoms with Gasteiger partial charge in [-0.3, -0.25) is 10.6 Å². The van der Waals surface area contributed by atoms with E-state index >= 15 is 0 Å². The standard InChI is InChI=1S/C13H24N6O/c1-8(2)12-15-6-10(18-14)11(17-12)13(20)16-9(3)7-19(4)5/h6,8-9,18H,7,14H2,1-5H3,(H,16,20). The first kappa shape index (κ1) is 16.3. The SMILES string of the molecule is CC(CN(C)C)NC(=O)c1nc(C(C)C)ncc1NN. The Hall–Kier alpha value is -1.73. The molecule has 0 aliphatic rings. The van der Waals surface area contributed by atoms with Crippen LogP contribution in [-0.4, -0.2) is 47.5 Å².